The van der Waals surface area contributed by atoms with E-state index in [-0.39, 0.29) is 5.75 Å². The third-order valence-electron chi connectivity index (χ3n) is 9.99. The average molecular weight is 901 g/mol. The quantitative estimate of drug-likeness (QED) is 0.0607. The van der Waals surface area contributed by atoms with Crippen molar-refractivity contribution in [2.45, 2.75) is 51.4 Å². The topological polar surface area (TPSA) is 73.7 Å². The lowest BCUT2D eigenvalue weighted by molar-refractivity contribution is 0.305. The molecule has 0 spiro atoms. The number of benzene rings is 6. The number of aromatic hydroxyl groups is 1. The normalized spacial score (nSPS) is 11.1. The molecule has 0 amide bonds. The van der Waals surface area contributed by atoms with Gasteiger partial charge >= 0.3 is 0 Å². The number of aromatic nitrogens is 2. The Morgan fingerprint density at radius 2 is 0.759 bits per heavy atom. The van der Waals surface area contributed by atoms with Crippen molar-refractivity contribution in [3.05, 3.63) is 140 Å². The van der Waals surface area contributed by atoms with Gasteiger partial charge in [0.1, 0.15) is 28.7 Å². The maximum Gasteiger partial charge on any atom is 0.129 e. The van der Waals surface area contributed by atoms with E-state index in [4.69, 9.17) is 24.2 Å². The summed E-state index contributed by atoms with van der Waals surface area (Å²) >= 11 is 7.00. The minimum atomic E-state index is 0.187. The standard InChI is InChI=1S/C50H48Br2N2O4/c51-31-5-1-3-7-33-56-43-23-17-38(18-24-43)36-9-13-40(14-10-36)49-50(54-48-35-46(29-30-47(48)53-49)58-45-27-21-42(55)22-28-45)41-15-11-37(12-16-41)39-19-25-44(26-20-39)57-34-8-4-2-6-32-52/h9-30,35,55H,1-8,31-34H2. The van der Waals surface area contributed by atoms with E-state index >= 15 is 0 Å². The molecule has 0 aliphatic rings. The van der Waals surface area contributed by atoms with E-state index in [2.05, 4.69) is 117 Å². The summed E-state index contributed by atoms with van der Waals surface area (Å²) in [4.78, 5) is 10.4. The van der Waals surface area contributed by atoms with Crippen LogP contribution in [0.1, 0.15) is 51.4 Å². The van der Waals surface area contributed by atoms with Gasteiger partial charge in [-0.15, -0.1) is 0 Å². The number of unbranched alkanes of at least 4 members (excludes halogenated alkanes) is 6. The average Bonchev–Trinajstić information content (AvgIpc) is 3.27. The molecule has 0 radical (unpaired) electrons. The minimum absolute atomic E-state index is 0.187. The first-order valence-electron chi connectivity index (χ1n) is 20.1. The number of halogens is 2. The molecular weight excluding hydrogens is 852 g/mol. The van der Waals surface area contributed by atoms with Gasteiger partial charge in [0, 0.05) is 27.9 Å². The number of phenolic OH excluding ortho intramolecular Hbond substituents is 1. The third-order valence-corrected chi connectivity index (χ3v) is 11.1. The fourth-order valence-electron chi connectivity index (χ4n) is 6.76. The summed E-state index contributed by atoms with van der Waals surface area (Å²) in [5, 5.41) is 11.8. The highest BCUT2D eigenvalue weighted by atomic mass is 79.9. The van der Waals surface area contributed by atoms with Gasteiger partial charge in [0.25, 0.3) is 0 Å². The van der Waals surface area contributed by atoms with Gasteiger partial charge in [0.05, 0.1) is 35.6 Å². The fourth-order valence-corrected chi connectivity index (χ4v) is 7.55. The summed E-state index contributed by atoms with van der Waals surface area (Å²) in [6.07, 6.45) is 9.36. The van der Waals surface area contributed by atoms with Crippen molar-refractivity contribution in [3.63, 3.8) is 0 Å². The van der Waals surface area contributed by atoms with Crippen molar-refractivity contribution in [2.75, 3.05) is 23.9 Å². The molecule has 58 heavy (non-hydrogen) atoms. The second kappa shape index (κ2) is 21.0. The number of rotatable bonds is 20. The van der Waals surface area contributed by atoms with E-state index in [1.165, 1.54) is 38.5 Å². The van der Waals surface area contributed by atoms with Crippen LogP contribution in [0.5, 0.6) is 28.7 Å². The van der Waals surface area contributed by atoms with Gasteiger partial charge in [0.15, 0.2) is 0 Å². The maximum atomic E-state index is 9.72. The Morgan fingerprint density at radius 1 is 0.379 bits per heavy atom. The van der Waals surface area contributed by atoms with Crippen molar-refractivity contribution in [3.8, 4) is 73.5 Å². The van der Waals surface area contributed by atoms with Crippen LogP contribution < -0.4 is 14.2 Å². The molecule has 1 heterocycles. The van der Waals surface area contributed by atoms with E-state index in [0.29, 0.717) is 11.5 Å². The highest BCUT2D eigenvalue weighted by molar-refractivity contribution is 9.09. The van der Waals surface area contributed by atoms with Gasteiger partial charge in [-0.3, -0.25) is 0 Å². The van der Waals surface area contributed by atoms with Crippen LogP contribution in [0.4, 0.5) is 0 Å². The number of nitrogens with zero attached hydrogens (tertiary/aromatic N) is 2. The molecule has 0 atom stereocenters. The molecule has 6 aromatic carbocycles. The molecule has 7 rings (SSSR count). The molecule has 296 valence electrons. The predicted octanol–water partition coefficient (Wildman–Crippen LogP) is 14.5. The summed E-state index contributed by atoms with van der Waals surface area (Å²) in [5.74, 6) is 3.23. The molecule has 6 nitrogen and oxygen atoms in total. The first kappa shape index (κ1) is 41.0. The Bertz CT molecular complexity index is 2330. The van der Waals surface area contributed by atoms with E-state index in [9.17, 15) is 5.11 Å². The van der Waals surface area contributed by atoms with Gasteiger partial charge in [-0.25, -0.2) is 9.97 Å². The zero-order valence-electron chi connectivity index (χ0n) is 32.6. The smallest absolute Gasteiger partial charge is 0.129 e. The summed E-state index contributed by atoms with van der Waals surface area (Å²) < 4.78 is 18.1. The lowest BCUT2D eigenvalue weighted by Gasteiger charge is -2.13. The van der Waals surface area contributed by atoms with Gasteiger partial charge in [-0.2, -0.15) is 0 Å². The number of ether oxygens (including phenoxy) is 3. The van der Waals surface area contributed by atoms with Crippen LogP contribution in [-0.2, 0) is 0 Å². The fraction of sp³-hybridized carbons (Fsp3) is 0.240. The molecule has 0 saturated carbocycles. The maximum absolute atomic E-state index is 9.72. The molecular formula is C50H48Br2N2O4. The number of fused-ring (bicyclic) bond motifs is 1. The van der Waals surface area contributed by atoms with Crippen LogP contribution in [0.2, 0.25) is 0 Å². The summed E-state index contributed by atoms with van der Waals surface area (Å²) in [6.45, 7) is 1.47. The van der Waals surface area contributed by atoms with Gasteiger partial charge in [0.2, 0.25) is 0 Å². The summed E-state index contributed by atoms with van der Waals surface area (Å²) in [6, 6.07) is 46.1. The van der Waals surface area contributed by atoms with Crippen LogP contribution in [0.15, 0.2) is 140 Å². The molecule has 8 heteroatoms. The molecule has 0 fully saturated rings. The van der Waals surface area contributed by atoms with E-state index < -0.39 is 0 Å². The van der Waals surface area contributed by atoms with Crippen LogP contribution in [-0.4, -0.2) is 38.9 Å². The zero-order valence-corrected chi connectivity index (χ0v) is 35.8. The van der Waals surface area contributed by atoms with Gasteiger partial charge in [-0.05, 0) is 109 Å². The molecule has 7 aromatic rings. The lowest BCUT2D eigenvalue weighted by Crippen LogP contribution is -1.97. The number of hydrogen-bond donors (Lipinski definition) is 1. The number of hydrogen-bond acceptors (Lipinski definition) is 6. The SMILES string of the molecule is Oc1ccc(Oc2ccc3nc(-c4ccc(-c5ccc(OCCCCCCBr)cc5)cc4)c(-c4ccc(-c5ccc(OCCCCCCBr)cc5)cc4)nc3c2)cc1. The predicted molar refractivity (Wildman–Crippen MR) is 245 cm³/mol. The van der Waals surface area contributed by atoms with Crippen LogP contribution in [0.3, 0.4) is 0 Å². The van der Waals surface area contributed by atoms with Crippen molar-refractivity contribution in [1.82, 2.24) is 9.97 Å². The van der Waals surface area contributed by atoms with E-state index in [0.717, 1.165) is 104 Å². The van der Waals surface area contributed by atoms with E-state index in [1.807, 2.05) is 30.3 Å². The molecule has 0 saturated heterocycles. The van der Waals surface area contributed by atoms with Gasteiger partial charge < -0.3 is 19.3 Å². The van der Waals surface area contributed by atoms with E-state index in [1.54, 1.807) is 24.3 Å². The van der Waals surface area contributed by atoms with Gasteiger partial charge in [-0.1, -0.05) is 130 Å². The molecule has 1 aromatic heterocycles. The first-order valence-corrected chi connectivity index (χ1v) is 22.4. The van der Waals surface area contributed by atoms with Crippen LogP contribution in [0.25, 0.3) is 55.8 Å². The molecule has 0 aliphatic carbocycles. The monoisotopic (exact) mass is 898 g/mol. The minimum Gasteiger partial charge on any atom is -0.508 e. The van der Waals surface area contributed by atoms with Crippen molar-refractivity contribution in [2.24, 2.45) is 0 Å². The summed E-state index contributed by atoms with van der Waals surface area (Å²) in [5.41, 5.74) is 9.45. The van der Waals surface area contributed by atoms with Crippen LogP contribution >= 0.6 is 31.9 Å². The lowest BCUT2D eigenvalue weighted by atomic mass is 9.98. The molecule has 1 N–H and O–H groups in total. The summed E-state index contributed by atoms with van der Waals surface area (Å²) in [7, 11) is 0. The Labute approximate surface area is 358 Å². The highest BCUT2D eigenvalue weighted by Gasteiger charge is 2.15. The number of alkyl halides is 2. The third kappa shape index (κ3) is 11.3. The van der Waals surface area contributed by atoms with Crippen molar-refractivity contribution in [1.29, 1.82) is 0 Å². The second-order valence-corrected chi connectivity index (χ2v) is 15.9. The van der Waals surface area contributed by atoms with Crippen molar-refractivity contribution < 1.29 is 19.3 Å². The first-order chi connectivity index (χ1) is 28.6. The molecule has 0 unspecified atom stereocenters. The second-order valence-electron chi connectivity index (χ2n) is 14.3. The van der Waals surface area contributed by atoms with Crippen molar-refractivity contribution >= 4 is 42.9 Å². The molecule has 0 aliphatic heterocycles. The Balaban J connectivity index is 1.12. The molecule has 0 bridgehead atoms. The Morgan fingerprint density at radius 3 is 1.22 bits per heavy atom. The van der Waals surface area contributed by atoms with Crippen LogP contribution in [0, 0.1) is 0 Å². The largest absolute Gasteiger partial charge is 0.508 e. The number of phenols is 1. The highest BCUT2D eigenvalue weighted by Crippen LogP contribution is 2.35. The zero-order chi connectivity index (χ0) is 39.9. The Hall–Kier alpha value is -5.18. The Kier molecular flexibility index (Phi) is 14.8.